The molecule has 0 bridgehead atoms. The van der Waals surface area contributed by atoms with E-state index in [9.17, 15) is 8.42 Å². The van der Waals surface area contributed by atoms with Crippen molar-refractivity contribution in [3.63, 3.8) is 0 Å². The summed E-state index contributed by atoms with van der Waals surface area (Å²) in [7, 11) is -3.29. The van der Waals surface area contributed by atoms with E-state index in [1.54, 1.807) is 37.3 Å². The Labute approximate surface area is 130 Å². The lowest BCUT2D eigenvalue weighted by molar-refractivity contribution is 0.302. The van der Waals surface area contributed by atoms with Crippen molar-refractivity contribution in [3.8, 4) is 17.1 Å². The highest BCUT2D eigenvalue weighted by Crippen LogP contribution is 2.22. The van der Waals surface area contributed by atoms with Crippen LogP contribution in [0.3, 0.4) is 0 Å². The fourth-order valence-corrected chi connectivity index (χ4v) is 2.38. The molecule has 0 aliphatic heterocycles. The molecule has 0 atom stereocenters. The summed E-state index contributed by atoms with van der Waals surface area (Å²) >= 11 is 0. The lowest BCUT2D eigenvalue weighted by atomic mass is 10.1. The molecule has 0 radical (unpaired) electrons. The summed E-state index contributed by atoms with van der Waals surface area (Å²) in [6, 6.07) is 10.6. The SMILES string of the molecule is CCCOc1ccc(-c2cccc(NS(=O)(=O)CC)c2)nn1. The van der Waals surface area contributed by atoms with Crippen molar-refractivity contribution in [2.45, 2.75) is 20.3 Å². The number of nitrogens with zero attached hydrogens (tertiary/aromatic N) is 2. The number of anilines is 1. The molecule has 0 saturated heterocycles. The lowest BCUT2D eigenvalue weighted by Gasteiger charge is -2.08. The molecule has 118 valence electrons. The van der Waals surface area contributed by atoms with Crippen molar-refractivity contribution in [2.24, 2.45) is 0 Å². The van der Waals surface area contributed by atoms with E-state index < -0.39 is 10.0 Å². The third kappa shape index (κ3) is 4.42. The van der Waals surface area contributed by atoms with Gasteiger partial charge in [-0.05, 0) is 31.5 Å². The lowest BCUT2D eigenvalue weighted by Crippen LogP contribution is -2.14. The third-order valence-corrected chi connectivity index (χ3v) is 4.21. The minimum atomic E-state index is -3.29. The predicted molar refractivity (Wildman–Crippen MR) is 86.3 cm³/mol. The van der Waals surface area contributed by atoms with Gasteiger partial charge in [0.2, 0.25) is 15.9 Å². The second kappa shape index (κ2) is 7.22. The van der Waals surface area contributed by atoms with Crippen molar-refractivity contribution in [1.29, 1.82) is 0 Å². The molecule has 2 aromatic rings. The Morgan fingerprint density at radius 3 is 2.59 bits per heavy atom. The van der Waals surface area contributed by atoms with E-state index in [1.165, 1.54) is 0 Å². The van der Waals surface area contributed by atoms with Gasteiger partial charge >= 0.3 is 0 Å². The molecule has 1 aromatic heterocycles. The highest BCUT2D eigenvalue weighted by Gasteiger charge is 2.08. The highest BCUT2D eigenvalue weighted by molar-refractivity contribution is 7.92. The summed E-state index contributed by atoms with van der Waals surface area (Å²) in [5.74, 6) is 0.508. The number of rotatable bonds is 7. The number of aromatic nitrogens is 2. The van der Waals surface area contributed by atoms with Crippen LogP contribution in [0, 0.1) is 0 Å². The van der Waals surface area contributed by atoms with Gasteiger partial charge in [0.15, 0.2) is 0 Å². The maximum absolute atomic E-state index is 11.6. The Hall–Kier alpha value is -2.15. The van der Waals surface area contributed by atoms with Gasteiger partial charge in [-0.2, -0.15) is 0 Å². The predicted octanol–water partition coefficient (Wildman–Crippen LogP) is 2.69. The topological polar surface area (TPSA) is 81.2 Å². The summed E-state index contributed by atoms with van der Waals surface area (Å²) in [6.07, 6.45) is 0.906. The Bertz CT molecular complexity index is 715. The monoisotopic (exact) mass is 321 g/mol. The third-order valence-electron chi connectivity index (χ3n) is 2.91. The molecule has 1 N–H and O–H groups in total. The van der Waals surface area contributed by atoms with E-state index in [-0.39, 0.29) is 5.75 Å². The van der Waals surface area contributed by atoms with Gasteiger partial charge in [-0.3, -0.25) is 4.72 Å². The normalized spacial score (nSPS) is 11.2. The Balaban J connectivity index is 2.19. The molecule has 0 aliphatic carbocycles. The standard InChI is InChI=1S/C15H19N3O3S/c1-3-10-21-15-9-8-14(16-17-15)12-6-5-7-13(11-12)18-22(19,20)4-2/h5-9,11,18H,3-4,10H2,1-2H3. The van der Waals surface area contributed by atoms with Gasteiger partial charge in [-0.1, -0.05) is 19.1 Å². The van der Waals surface area contributed by atoms with E-state index in [1.807, 2.05) is 13.0 Å². The van der Waals surface area contributed by atoms with E-state index in [2.05, 4.69) is 14.9 Å². The van der Waals surface area contributed by atoms with Crippen molar-refractivity contribution < 1.29 is 13.2 Å². The molecule has 6 nitrogen and oxygen atoms in total. The van der Waals surface area contributed by atoms with Crippen molar-refractivity contribution in [3.05, 3.63) is 36.4 Å². The Morgan fingerprint density at radius 2 is 1.95 bits per heavy atom. The van der Waals surface area contributed by atoms with Crippen LogP contribution < -0.4 is 9.46 Å². The number of sulfonamides is 1. The van der Waals surface area contributed by atoms with Crippen molar-refractivity contribution >= 4 is 15.7 Å². The number of hydrogen-bond donors (Lipinski definition) is 1. The first-order chi connectivity index (χ1) is 10.5. The number of hydrogen-bond acceptors (Lipinski definition) is 5. The molecule has 0 aliphatic rings. The molecular weight excluding hydrogens is 302 g/mol. The summed E-state index contributed by atoms with van der Waals surface area (Å²) in [6.45, 7) is 4.21. The molecule has 0 spiro atoms. The maximum atomic E-state index is 11.6. The average molecular weight is 321 g/mol. The summed E-state index contributed by atoms with van der Waals surface area (Å²) in [5.41, 5.74) is 1.94. The minimum absolute atomic E-state index is 0.0283. The van der Waals surface area contributed by atoms with Crippen LogP contribution in [0.25, 0.3) is 11.3 Å². The second-order valence-corrected chi connectivity index (χ2v) is 6.70. The molecule has 0 fully saturated rings. The number of nitrogens with one attached hydrogen (secondary N) is 1. The van der Waals surface area contributed by atoms with E-state index in [4.69, 9.17) is 4.74 Å². The smallest absolute Gasteiger partial charge is 0.233 e. The van der Waals surface area contributed by atoms with Crippen LogP contribution in [-0.4, -0.2) is 31.0 Å². The van der Waals surface area contributed by atoms with Gasteiger partial charge in [-0.25, -0.2) is 8.42 Å². The first-order valence-electron chi connectivity index (χ1n) is 7.11. The summed E-state index contributed by atoms with van der Waals surface area (Å²) in [4.78, 5) is 0. The highest BCUT2D eigenvalue weighted by atomic mass is 32.2. The van der Waals surface area contributed by atoms with Crippen molar-refractivity contribution in [1.82, 2.24) is 10.2 Å². The van der Waals surface area contributed by atoms with Crippen LogP contribution >= 0.6 is 0 Å². The molecule has 0 saturated carbocycles. The van der Waals surface area contributed by atoms with Crippen LogP contribution in [0.2, 0.25) is 0 Å². The molecule has 22 heavy (non-hydrogen) atoms. The molecule has 7 heteroatoms. The van der Waals surface area contributed by atoms with Gasteiger partial charge in [0, 0.05) is 17.3 Å². The van der Waals surface area contributed by atoms with Crippen LogP contribution in [0.15, 0.2) is 36.4 Å². The minimum Gasteiger partial charge on any atom is -0.477 e. The van der Waals surface area contributed by atoms with Gasteiger partial charge in [0.1, 0.15) is 0 Å². The molecule has 2 rings (SSSR count). The van der Waals surface area contributed by atoms with Crippen LogP contribution in [-0.2, 0) is 10.0 Å². The van der Waals surface area contributed by atoms with Gasteiger partial charge in [-0.15, -0.1) is 10.2 Å². The van der Waals surface area contributed by atoms with Gasteiger partial charge in [0.05, 0.1) is 18.1 Å². The molecule has 1 aromatic carbocycles. The van der Waals surface area contributed by atoms with E-state index in [0.717, 1.165) is 12.0 Å². The van der Waals surface area contributed by atoms with Crippen LogP contribution in [0.5, 0.6) is 5.88 Å². The zero-order valence-corrected chi connectivity index (χ0v) is 13.4. The van der Waals surface area contributed by atoms with Crippen LogP contribution in [0.1, 0.15) is 20.3 Å². The van der Waals surface area contributed by atoms with Crippen LogP contribution in [0.4, 0.5) is 5.69 Å². The average Bonchev–Trinajstić information content (AvgIpc) is 2.53. The first kappa shape index (κ1) is 16.2. The van der Waals surface area contributed by atoms with Gasteiger partial charge < -0.3 is 4.74 Å². The zero-order chi connectivity index (χ0) is 16.0. The fraction of sp³-hybridized carbons (Fsp3) is 0.333. The Kier molecular flexibility index (Phi) is 5.32. The molecular formula is C15H19N3O3S. The summed E-state index contributed by atoms with van der Waals surface area (Å²) in [5, 5.41) is 8.11. The van der Waals surface area contributed by atoms with E-state index >= 15 is 0 Å². The Morgan fingerprint density at radius 1 is 1.14 bits per heavy atom. The van der Waals surface area contributed by atoms with Crippen molar-refractivity contribution in [2.75, 3.05) is 17.1 Å². The zero-order valence-electron chi connectivity index (χ0n) is 12.6. The quantitative estimate of drug-likeness (QED) is 0.848. The number of ether oxygens (including phenoxy) is 1. The largest absolute Gasteiger partial charge is 0.477 e. The fourth-order valence-electron chi connectivity index (χ4n) is 1.75. The maximum Gasteiger partial charge on any atom is 0.233 e. The number of benzene rings is 1. The molecule has 1 heterocycles. The van der Waals surface area contributed by atoms with E-state index in [0.29, 0.717) is 23.9 Å². The molecule has 0 unspecified atom stereocenters. The molecule has 0 amide bonds. The first-order valence-corrected chi connectivity index (χ1v) is 8.76. The second-order valence-electron chi connectivity index (χ2n) is 4.69. The summed E-state index contributed by atoms with van der Waals surface area (Å²) < 4.78 is 31.1. The van der Waals surface area contributed by atoms with Gasteiger partial charge in [0.25, 0.3) is 0 Å².